The first-order valence-corrected chi connectivity index (χ1v) is 4.84. The molecule has 0 atom stereocenters. The summed E-state index contributed by atoms with van der Waals surface area (Å²) >= 11 is 6.07. The van der Waals surface area contributed by atoms with Crippen molar-refractivity contribution in [1.82, 2.24) is 0 Å². The molecule has 3 heteroatoms. The van der Waals surface area contributed by atoms with E-state index >= 15 is 0 Å². The summed E-state index contributed by atoms with van der Waals surface area (Å²) in [6.07, 6.45) is 2.55. The van der Waals surface area contributed by atoms with Crippen molar-refractivity contribution in [2.24, 2.45) is 0 Å². The minimum Gasteiger partial charge on any atom is -0.399 e. The van der Waals surface area contributed by atoms with Crippen LogP contribution in [0, 0.1) is 0 Å². The van der Waals surface area contributed by atoms with E-state index in [1.165, 1.54) is 12.8 Å². The van der Waals surface area contributed by atoms with Crippen LogP contribution >= 0.6 is 11.6 Å². The molecule has 0 aliphatic heterocycles. The number of nitrogens with zero attached hydrogens (tertiary/aromatic N) is 1. The molecule has 0 spiro atoms. The van der Waals surface area contributed by atoms with Gasteiger partial charge < -0.3 is 10.6 Å². The zero-order chi connectivity index (χ0) is 9.42. The molecule has 1 aromatic rings. The highest BCUT2D eigenvalue weighted by molar-refractivity contribution is 6.33. The summed E-state index contributed by atoms with van der Waals surface area (Å²) in [7, 11) is 2.08. The van der Waals surface area contributed by atoms with Gasteiger partial charge in [-0.05, 0) is 31.0 Å². The standard InChI is InChI=1S/C10H13ClN2/c1-13(8-3-4-8)10-5-2-7(12)6-9(10)11/h2,5-6,8H,3-4,12H2,1H3. The fourth-order valence-electron chi connectivity index (χ4n) is 1.47. The van der Waals surface area contributed by atoms with Crippen LogP contribution in [0.25, 0.3) is 0 Å². The Morgan fingerprint density at radius 1 is 1.46 bits per heavy atom. The van der Waals surface area contributed by atoms with Crippen molar-refractivity contribution in [2.75, 3.05) is 17.7 Å². The quantitative estimate of drug-likeness (QED) is 0.737. The van der Waals surface area contributed by atoms with E-state index in [4.69, 9.17) is 17.3 Å². The lowest BCUT2D eigenvalue weighted by Crippen LogP contribution is -2.19. The Morgan fingerprint density at radius 3 is 2.69 bits per heavy atom. The van der Waals surface area contributed by atoms with Crippen LogP contribution in [-0.4, -0.2) is 13.1 Å². The van der Waals surface area contributed by atoms with E-state index in [-0.39, 0.29) is 0 Å². The first-order valence-electron chi connectivity index (χ1n) is 4.46. The highest BCUT2D eigenvalue weighted by atomic mass is 35.5. The van der Waals surface area contributed by atoms with Crippen molar-refractivity contribution in [3.63, 3.8) is 0 Å². The van der Waals surface area contributed by atoms with Gasteiger partial charge in [0.1, 0.15) is 0 Å². The van der Waals surface area contributed by atoms with E-state index in [1.807, 2.05) is 12.1 Å². The fraction of sp³-hybridized carbons (Fsp3) is 0.400. The van der Waals surface area contributed by atoms with Crippen molar-refractivity contribution in [2.45, 2.75) is 18.9 Å². The van der Waals surface area contributed by atoms with Gasteiger partial charge in [-0.25, -0.2) is 0 Å². The Bertz CT molecular complexity index is 321. The summed E-state index contributed by atoms with van der Waals surface area (Å²) in [4.78, 5) is 2.22. The highest BCUT2D eigenvalue weighted by Crippen LogP contribution is 2.34. The molecule has 2 N–H and O–H groups in total. The number of hydrogen-bond acceptors (Lipinski definition) is 2. The maximum atomic E-state index is 6.07. The first kappa shape index (κ1) is 8.70. The summed E-state index contributed by atoms with van der Waals surface area (Å²) in [5, 5.41) is 0.745. The summed E-state index contributed by atoms with van der Waals surface area (Å²) in [5.74, 6) is 0. The molecule has 0 radical (unpaired) electrons. The van der Waals surface area contributed by atoms with Crippen LogP contribution < -0.4 is 10.6 Å². The molecular weight excluding hydrogens is 184 g/mol. The summed E-state index contributed by atoms with van der Waals surface area (Å²) < 4.78 is 0. The Labute approximate surface area is 83.3 Å². The lowest BCUT2D eigenvalue weighted by Gasteiger charge is -2.19. The normalized spacial score (nSPS) is 15.8. The molecule has 1 aliphatic rings. The number of nitrogens with two attached hydrogens (primary N) is 1. The second kappa shape index (κ2) is 3.11. The average Bonchev–Trinajstić information content (AvgIpc) is 2.85. The molecule has 1 aliphatic carbocycles. The number of rotatable bonds is 2. The van der Waals surface area contributed by atoms with Gasteiger partial charge in [-0.15, -0.1) is 0 Å². The molecule has 1 saturated carbocycles. The van der Waals surface area contributed by atoms with E-state index in [0.29, 0.717) is 6.04 Å². The fourth-order valence-corrected chi connectivity index (χ4v) is 1.79. The Kier molecular flexibility index (Phi) is 2.08. The van der Waals surface area contributed by atoms with Crippen molar-refractivity contribution in [3.05, 3.63) is 23.2 Å². The van der Waals surface area contributed by atoms with Crippen LogP contribution in [0.15, 0.2) is 18.2 Å². The topological polar surface area (TPSA) is 29.3 Å². The predicted molar refractivity (Wildman–Crippen MR) is 57.3 cm³/mol. The highest BCUT2D eigenvalue weighted by Gasteiger charge is 2.27. The molecule has 13 heavy (non-hydrogen) atoms. The summed E-state index contributed by atoms with van der Waals surface area (Å²) in [6, 6.07) is 6.35. The summed E-state index contributed by atoms with van der Waals surface area (Å²) in [6.45, 7) is 0. The van der Waals surface area contributed by atoms with Crippen LogP contribution in [0.4, 0.5) is 11.4 Å². The van der Waals surface area contributed by atoms with Crippen molar-refractivity contribution in [3.8, 4) is 0 Å². The monoisotopic (exact) mass is 196 g/mol. The lowest BCUT2D eigenvalue weighted by atomic mass is 10.2. The smallest absolute Gasteiger partial charge is 0.0660 e. The molecule has 1 aromatic carbocycles. The molecule has 2 nitrogen and oxygen atoms in total. The van der Waals surface area contributed by atoms with Crippen molar-refractivity contribution < 1.29 is 0 Å². The zero-order valence-corrected chi connectivity index (χ0v) is 8.38. The third-order valence-electron chi connectivity index (χ3n) is 2.45. The van der Waals surface area contributed by atoms with Gasteiger partial charge in [-0.3, -0.25) is 0 Å². The number of halogens is 1. The first-order chi connectivity index (χ1) is 6.18. The molecule has 0 unspecified atom stereocenters. The second-order valence-electron chi connectivity index (χ2n) is 3.55. The van der Waals surface area contributed by atoms with Crippen LogP contribution in [-0.2, 0) is 0 Å². The van der Waals surface area contributed by atoms with Gasteiger partial charge >= 0.3 is 0 Å². The van der Waals surface area contributed by atoms with Gasteiger partial charge in [-0.2, -0.15) is 0 Å². The molecule has 0 amide bonds. The van der Waals surface area contributed by atoms with Crippen LogP contribution in [0.3, 0.4) is 0 Å². The number of anilines is 2. The second-order valence-corrected chi connectivity index (χ2v) is 3.96. The van der Waals surface area contributed by atoms with Crippen molar-refractivity contribution in [1.29, 1.82) is 0 Å². The van der Waals surface area contributed by atoms with Gasteiger partial charge in [0, 0.05) is 18.8 Å². The van der Waals surface area contributed by atoms with Gasteiger partial charge in [-0.1, -0.05) is 11.6 Å². The maximum Gasteiger partial charge on any atom is 0.0660 e. The van der Waals surface area contributed by atoms with Gasteiger partial charge in [0.2, 0.25) is 0 Å². The van der Waals surface area contributed by atoms with Crippen LogP contribution in [0.2, 0.25) is 5.02 Å². The Morgan fingerprint density at radius 2 is 2.15 bits per heavy atom. The third-order valence-corrected chi connectivity index (χ3v) is 2.75. The average molecular weight is 197 g/mol. The predicted octanol–water partition coefficient (Wildman–Crippen LogP) is 2.52. The summed E-state index contributed by atoms with van der Waals surface area (Å²) in [5.41, 5.74) is 7.42. The Balaban J connectivity index is 2.28. The molecule has 0 heterocycles. The van der Waals surface area contributed by atoms with Crippen molar-refractivity contribution >= 4 is 23.0 Å². The lowest BCUT2D eigenvalue weighted by molar-refractivity contribution is 0.917. The maximum absolute atomic E-state index is 6.07. The van der Waals surface area contributed by atoms with Crippen LogP contribution in [0.1, 0.15) is 12.8 Å². The number of hydrogen-bond donors (Lipinski definition) is 1. The van der Waals surface area contributed by atoms with Gasteiger partial charge in [0.25, 0.3) is 0 Å². The minimum atomic E-state index is 0.682. The number of nitrogen functional groups attached to an aromatic ring is 1. The minimum absolute atomic E-state index is 0.682. The van der Waals surface area contributed by atoms with Crippen LogP contribution in [0.5, 0.6) is 0 Å². The van der Waals surface area contributed by atoms with Gasteiger partial charge in [0.15, 0.2) is 0 Å². The molecule has 0 saturated heterocycles. The number of benzene rings is 1. The molecule has 1 fully saturated rings. The molecule has 2 rings (SSSR count). The van der Waals surface area contributed by atoms with E-state index in [2.05, 4.69) is 11.9 Å². The molecular formula is C10H13ClN2. The van der Waals surface area contributed by atoms with E-state index in [9.17, 15) is 0 Å². The van der Waals surface area contributed by atoms with Gasteiger partial charge in [0.05, 0.1) is 10.7 Å². The van der Waals surface area contributed by atoms with E-state index in [0.717, 1.165) is 16.4 Å². The zero-order valence-electron chi connectivity index (χ0n) is 7.63. The Hall–Kier alpha value is -0.890. The van der Waals surface area contributed by atoms with E-state index < -0.39 is 0 Å². The third kappa shape index (κ3) is 1.73. The molecule has 0 bridgehead atoms. The van der Waals surface area contributed by atoms with E-state index in [1.54, 1.807) is 6.07 Å². The molecule has 0 aromatic heterocycles. The largest absolute Gasteiger partial charge is 0.399 e. The molecule has 70 valence electrons. The SMILES string of the molecule is CN(c1ccc(N)cc1Cl)C1CC1.